The molecular formula is C19H25N3O3. The number of benzene rings is 1. The summed E-state index contributed by atoms with van der Waals surface area (Å²) in [4.78, 5) is 13.9. The zero-order valence-electron chi connectivity index (χ0n) is 14.3. The molecule has 0 bridgehead atoms. The molecule has 25 heavy (non-hydrogen) atoms. The maximum absolute atomic E-state index is 11.4. The average molecular weight is 343 g/mol. The summed E-state index contributed by atoms with van der Waals surface area (Å²) >= 11 is 0. The minimum atomic E-state index is -0.651. The van der Waals surface area contributed by atoms with Gasteiger partial charge in [-0.3, -0.25) is 10.0 Å². The van der Waals surface area contributed by atoms with Gasteiger partial charge >= 0.3 is 5.91 Å². The summed E-state index contributed by atoms with van der Waals surface area (Å²) in [5.74, 6) is 0.0399. The lowest BCUT2D eigenvalue weighted by Gasteiger charge is -2.26. The molecule has 134 valence electrons. The minimum Gasteiger partial charge on any atom is -0.451 e. The number of carbonyl (C=O) groups excluding carboxylic acids is 1. The van der Waals surface area contributed by atoms with Crippen LogP contribution in [0.1, 0.15) is 35.4 Å². The first-order valence-electron chi connectivity index (χ1n) is 8.83. The highest BCUT2D eigenvalue weighted by Crippen LogP contribution is 2.23. The molecule has 0 atom stereocenters. The molecule has 0 aliphatic carbocycles. The van der Waals surface area contributed by atoms with E-state index >= 15 is 0 Å². The highest BCUT2D eigenvalue weighted by molar-refractivity contribution is 5.91. The van der Waals surface area contributed by atoms with Crippen molar-refractivity contribution >= 4 is 5.91 Å². The Labute approximate surface area is 147 Å². The molecule has 6 heteroatoms. The van der Waals surface area contributed by atoms with Crippen LogP contribution in [-0.2, 0) is 6.54 Å². The molecule has 3 N–H and O–H groups in total. The molecule has 0 spiro atoms. The summed E-state index contributed by atoms with van der Waals surface area (Å²) in [6.07, 6.45) is 4.01. The molecule has 1 fully saturated rings. The Morgan fingerprint density at radius 3 is 2.80 bits per heavy atom. The smallest absolute Gasteiger partial charge is 0.310 e. The number of hydrogen-bond acceptors (Lipinski definition) is 5. The van der Waals surface area contributed by atoms with Crippen molar-refractivity contribution in [2.75, 3.05) is 26.2 Å². The van der Waals surface area contributed by atoms with Crippen molar-refractivity contribution in [3.63, 3.8) is 0 Å². The van der Waals surface area contributed by atoms with Gasteiger partial charge in [0.25, 0.3) is 0 Å². The van der Waals surface area contributed by atoms with Crippen molar-refractivity contribution in [2.45, 2.75) is 25.8 Å². The van der Waals surface area contributed by atoms with Gasteiger partial charge in [0.15, 0.2) is 5.76 Å². The summed E-state index contributed by atoms with van der Waals surface area (Å²) in [6, 6.07) is 11.3. The first kappa shape index (κ1) is 17.7. The van der Waals surface area contributed by atoms with Crippen LogP contribution in [0.15, 0.2) is 40.8 Å². The molecule has 6 nitrogen and oxygen atoms in total. The number of furan rings is 1. The van der Waals surface area contributed by atoms with Crippen molar-refractivity contribution in [1.29, 1.82) is 0 Å². The molecule has 1 aliphatic rings. The Kier molecular flexibility index (Phi) is 6.22. The molecule has 0 radical (unpaired) electrons. The summed E-state index contributed by atoms with van der Waals surface area (Å²) in [5.41, 5.74) is 3.65. The van der Waals surface area contributed by atoms with Crippen LogP contribution in [0, 0.1) is 0 Å². The van der Waals surface area contributed by atoms with Crippen molar-refractivity contribution in [2.24, 2.45) is 0 Å². The first-order chi connectivity index (χ1) is 12.3. The van der Waals surface area contributed by atoms with E-state index in [0.717, 1.165) is 25.2 Å². The standard InChI is InChI=1S/C19H25N3O3/c23-19(21-24)18-8-7-17(25-18)16-6-4-5-15(13-16)14-20-9-12-22-10-2-1-3-11-22/h4-8,13,20,24H,1-3,9-12,14H2,(H,21,23). The number of carbonyl (C=O) groups is 1. The fourth-order valence-electron chi connectivity index (χ4n) is 3.16. The van der Waals surface area contributed by atoms with Gasteiger partial charge in [-0.25, -0.2) is 5.48 Å². The molecule has 1 aromatic heterocycles. The van der Waals surface area contributed by atoms with Crippen LogP contribution in [0.3, 0.4) is 0 Å². The van der Waals surface area contributed by atoms with Crippen LogP contribution < -0.4 is 10.8 Å². The van der Waals surface area contributed by atoms with E-state index in [1.807, 2.05) is 18.2 Å². The average Bonchev–Trinajstić information content (AvgIpc) is 3.16. The van der Waals surface area contributed by atoms with E-state index in [2.05, 4.69) is 16.3 Å². The summed E-state index contributed by atoms with van der Waals surface area (Å²) in [7, 11) is 0. The lowest BCUT2D eigenvalue weighted by atomic mass is 10.1. The second-order valence-corrected chi connectivity index (χ2v) is 6.38. The number of likely N-dealkylation sites (tertiary alicyclic amines) is 1. The third-order valence-electron chi connectivity index (χ3n) is 4.53. The lowest BCUT2D eigenvalue weighted by molar-refractivity contribution is 0.0677. The van der Waals surface area contributed by atoms with Crippen molar-refractivity contribution in [3.8, 4) is 11.3 Å². The molecular weight excluding hydrogens is 318 g/mol. The van der Waals surface area contributed by atoms with Gasteiger partial charge in [-0.05, 0) is 49.7 Å². The molecule has 0 saturated carbocycles. The number of hydroxylamine groups is 1. The number of rotatable bonds is 7. The van der Waals surface area contributed by atoms with Crippen molar-refractivity contribution < 1.29 is 14.4 Å². The van der Waals surface area contributed by atoms with Gasteiger partial charge in [0.05, 0.1) is 0 Å². The van der Waals surface area contributed by atoms with E-state index in [0.29, 0.717) is 5.76 Å². The highest BCUT2D eigenvalue weighted by Gasteiger charge is 2.12. The van der Waals surface area contributed by atoms with Crippen LogP contribution in [0.25, 0.3) is 11.3 Å². The Hall–Kier alpha value is -2.15. The molecule has 2 aromatic rings. The third-order valence-corrected chi connectivity index (χ3v) is 4.53. The Morgan fingerprint density at radius 2 is 2.00 bits per heavy atom. The third kappa shape index (κ3) is 4.92. The Morgan fingerprint density at radius 1 is 1.16 bits per heavy atom. The van der Waals surface area contributed by atoms with Crippen LogP contribution in [-0.4, -0.2) is 42.2 Å². The maximum atomic E-state index is 11.4. The van der Waals surface area contributed by atoms with Gasteiger partial charge < -0.3 is 14.6 Å². The van der Waals surface area contributed by atoms with E-state index in [-0.39, 0.29) is 5.76 Å². The molecule has 3 rings (SSSR count). The predicted octanol–water partition coefficient (Wildman–Crippen LogP) is 2.64. The number of piperidine rings is 1. The summed E-state index contributed by atoms with van der Waals surface area (Å²) < 4.78 is 5.48. The van der Waals surface area contributed by atoms with Crippen LogP contribution in [0.2, 0.25) is 0 Å². The van der Waals surface area contributed by atoms with Crippen molar-refractivity contribution in [3.05, 3.63) is 47.7 Å². The number of amides is 1. The van der Waals surface area contributed by atoms with Gasteiger partial charge in [-0.1, -0.05) is 24.6 Å². The predicted molar refractivity (Wildman–Crippen MR) is 95.4 cm³/mol. The summed E-state index contributed by atoms with van der Waals surface area (Å²) in [6.45, 7) is 5.31. The van der Waals surface area contributed by atoms with Crippen LogP contribution >= 0.6 is 0 Å². The van der Waals surface area contributed by atoms with Gasteiger partial charge in [-0.2, -0.15) is 0 Å². The van der Waals surface area contributed by atoms with E-state index in [1.54, 1.807) is 17.6 Å². The normalized spacial score (nSPS) is 15.2. The molecule has 2 heterocycles. The molecule has 1 aliphatic heterocycles. The fraction of sp³-hybridized carbons (Fsp3) is 0.421. The first-order valence-corrected chi connectivity index (χ1v) is 8.83. The fourth-order valence-corrected chi connectivity index (χ4v) is 3.16. The number of hydrogen-bond donors (Lipinski definition) is 3. The lowest BCUT2D eigenvalue weighted by Crippen LogP contribution is -2.35. The minimum absolute atomic E-state index is 0.0857. The van der Waals surface area contributed by atoms with E-state index in [1.165, 1.54) is 37.9 Å². The molecule has 1 amide bonds. The molecule has 1 saturated heterocycles. The number of nitrogens with one attached hydrogen (secondary N) is 2. The zero-order valence-corrected chi connectivity index (χ0v) is 14.3. The SMILES string of the molecule is O=C(NO)c1ccc(-c2cccc(CNCCN3CCCCC3)c2)o1. The van der Waals surface area contributed by atoms with Gasteiger partial charge in [0, 0.05) is 25.2 Å². The van der Waals surface area contributed by atoms with Crippen molar-refractivity contribution in [1.82, 2.24) is 15.7 Å². The quantitative estimate of drug-likeness (QED) is 0.409. The van der Waals surface area contributed by atoms with Gasteiger partial charge in [-0.15, -0.1) is 0 Å². The monoisotopic (exact) mass is 343 g/mol. The zero-order chi connectivity index (χ0) is 17.5. The molecule has 1 aromatic carbocycles. The second-order valence-electron chi connectivity index (χ2n) is 6.38. The Balaban J connectivity index is 1.52. The Bertz CT molecular complexity index is 693. The van der Waals surface area contributed by atoms with Gasteiger partial charge in [0.1, 0.15) is 5.76 Å². The topological polar surface area (TPSA) is 77.7 Å². The van der Waals surface area contributed by atoms with E-state index in [9.17, 15) is 4.79 Å². The van der Waals surface area contributed by atoms with E-state index in [4.69, 9.17) is 9.62 Å². The number of nitrogens with zero attached hydrogens (tertiary/aromatic N) is 1. The second kappa shape index (κ2) is 8.80. The van der Waals surface area contributed by atoms with Crippen LogP contribution in [0.5, 0.6) is 0 Å². The van der Waals surface area contributed by atoms with Gasteiger partial charge in [0.2, 0.25) is 0 Å². The maximum Gasteiger partial charge on any atom is 0.310 e. The molecule has 0 unspecified atom stereocenters. The van der Waals surface area contributed by atoms with Crippen LogP contribution in [0.4, 0.5) is 0 Å². The van der Waals surface area contributed by atoms with E-state index < -0.39 is 5.91 Å². The summed E-state index contributed by atoms with van der Waals surface area (Å²) in [5, 5.41) is 12.1. The largest absolute Gasteiger partial charge is 0.451 e. The highest BCUT2D eigenvalue weighted by atomic mass is 16.5.